The molecule has 444 valence electrons. The molecule has 0 heterocycles. The second-order valence-electron chi connectivity index (χ2n) is 21.3. The highest BCUT2D eigenvalue weighted by Gasteiger charge is 2.19. The normalized spacial score (nSPS) is 12.9. The third-order valence-corrected chi connectivity index (χ3v) is 13.7. The van der Waals surface area contributed by atoms with E-state index in [-0.39, 0.29) is 37.5 Å². The quantitative estimate of drug-likeness (QED) is 0.0261. The largest absolute Gasteiger partial charge is 0.462 e. The van der Waals surface area contributed by atoms with Crippen molar-refractivity contribution in [2.75, 3.05) is 13.2 Å². The van der Waals surface area contributed by atoms with E-state index in [2.05, 4.69) is 142 Å². The predicted octanol–water partition coefficient (Wildman–Crippen LogP) is 22.4. The van der Waals surface area contributed by atoms with E-state index in [0.717, 1.165) is 116 Å². The molecular weight excluding hydrogens is 961 g/mol. The highest BCUT2D eigenvalue weighted by Crippen LogP contribution is 2.16. The van der Waals surface area contributed by atoms with E-state index in [1.165, 1.54) is 135 Å². The second-order valence-corrected chi connectivity index (χ2v) is 21.3. The van der Waals surface area contributed by atoms with Gasteiger partial charge in [-0.1, -0.05) is 296 Å². The average Bonchev–Trinajstić information content (AvgIpc) is 3.44. The van der Waals surface area contributed by atoms with Gasteiger partial charge in [0.15, 0.2) is 6.10 Å². The summed E-state index contributed by atoms with van der Waals surface area (Å²) in [6, 6.07) is 0. The maximum absolute atomic E-state index is 12.9. The van der Waals surface area contributed by atoms with Crippen LogP contribution in [0.4, 0.5) is 0 Å². The van der Waals surface area contributed by atoms with Gasteiger partial charge < -0.3 is 14.2 Å². The second kappa shape index (κ2) is 65.3. The van der Waals surface area contributed by atoms with Crippen LogP contribution in [0.5, 0.6) is 0 Å². The van der Waals surface area contributed by atoms with Gasteiger partial charge in [0.1, 0.15) is 13.2 Å². The number of esters is 3. The van der Waals surface area contributed by atoms with Crippen molar-refractivity contribution in [2.45, 2.75) is 303 Å². The van der Waals surface area contributed by atoms with Gasteiger partial charge >= 0.3 is 17.9 Å². The van der Waals surface area contributed by atoms with Crippen molar-refractivity contribution in [2.24, 2.45) is 0 Å². The molecule has 0 N–H and O–H groups in total. The van der Waals surface area contributed by atoms with Crippen LogP contribution in [-0.2, 0) is 28.6 Å². The fourth-order valence-corrected chi connectivity index (χ4v) is 8.92. The van der Waals surface area contributed by atoms with Crippen LogP contribution in [0.15, 0.2) is 122 Å². The Morgan fingerprint density at radius 3 is 0.833 bits per heavy atom. The molecule has 0 saturated carbocycles. The first-order valence-electron chi connectivity index (χ1n) is 32.5. The highest BCUT2D eigenvalue weighted by atomic mass is 16.6. The Bertz CT molecular complexity index is 1620. The smallest absolute Gasteiger partial charge is 0.306 e. The number of ether oxygens (including phenoxy) is 3. The fourth-order valence-electron chi connectivity index (χ4n) is 8.92. The number of allylic oxidation sites excluding steroid dienone is 20. The Labute approximate surface area is 482 Å². The summed E-state index contributed by atoms with van der Waals surface area (Å²) >= 11 is 0. The standard InChI is InChI=1S/C72H120O6/c1-4-7-10-13-16-19-22-25-28-31-33-34-35-36-37-38-39-42-44-47-50-53-56-59-62-65-71(74)77-68-69(67-76-70(73)64-61-58-55-52-49-46-43-40-30-27-24-21-18-15-12-9-6-3)78-72(75)66-63-60-57-54-51-48-45-41-32-29-26-23-20-17-14-11-8-5-2/h7,9-10,12,16,18-19,21,25,27-28,30,33-34,36-37,43,46,52,55,69H,4-6,8,11,13-15,17,20,22-24,26,29,31-32,35,38-42,44-45,47-51,53-54,56-68H2,1-3H3/b10-7-,12-9-,19-16-,21-18-,28-25-,30-27-,34-33-,37-36-,46-43-,55-52-. The number of unbranched alkanes of at least 4 members (excludes halogenated alkanes) is 27. The van der Waals surface area contributed by atoms with E-state index in [1.54, 1.807) is 0 Å². The fraction of sp³-hybridized carbons (Fsp3) is 0.681. The van der Waals surface area contributed by atoms with Crippen LogP contribution in [0.3, 0.4) is 0 Å². The number of hydrogen-bond acceptors (Lipinski definition) is 6. The van der Waals surface area contributed by atoms with E-state index in [0.29, 0.717) is 19.3 Å². The van der Waals surface area contributed by atoms with Crippen molar-refractivity contribution in [3.8, 4) is 0 Å². The van der Waals surface area contributed by atoms with Gasteiger partial charge in [-0.05, 0) is 103 Å². The molecule has 0 aromatic carbocycles. The predicted molar refractivity (Wildman–Crippen MR) is 339 cm³/mol. The Balaban J connectivity index is 4.43. The molecule has 0 aromatic rings. The lowest BCUT2D eigenvalue weighted by Crippen LogP contribution is -2.30. The summed E-state index contributed by atoms with van der Waals surface area (Å²) in [7, 11) is 0. The molecule has 0 aromatic heterocycles. The Hall–Kier alpha value is -4.19. The van der Waals surface area contributed by atoms with Crippen LogP contribution in [0.1, 0.15) is 297 Å². The topological polar surface area (TPSA) is 78.9 Å². The zero-order valence-electron chi connectivity index (χ0n) is 50.9. The van der Waals surface area contributed by atoms with Gasteiger partial charge in [0.2, 0.25) is 0 Å². The SMILES string of the molecule is CC/C=C\C/C=C\C/C=C\C/C=C\C/C=C\CCCCCCCCCCCC(=O)OCC(COC(=O)CCC/C=C\C/C=C\C/C=C\C/C=C\C/C=C\CC)OC(=O)CCCCCCCCCCCCCCCCCCCC. The third kappa shape index (κ3) is 62.7. The first kappa shape index (κ1) is 73.8. The molecule has 0 amide bonds. The molecule has 1 atom stereocenters. The maximum atomic E-state index is 12.9. The Kier molecular flexibility index (Phi) is 61.8. The van der Waals surface area contributed by atoms with Gasteiger partial charge in [-0.15, -0.1) is 0 Å². The van der Waals surface area contributed by atoms with Gasteiger partial charge in [-0.25, -0.2) is 0 Å². The van der Waals surface area contributed by atoms with Crippen molar-refractivity contribution in [3.63, 3.8) is 0 Å². The summed E-state index contributed by atoms with van der Waals surface area (Å²) in [6.07, 6.45) is 90.7. The molecule has 78 heavy (non-hydrogen) atoms. The van der Waals surface area contributed by atoms with Gasteiger partial charge in [-0.2, -0.15) is 0 Å². The van der Waals surface area contributed by atoms with Crippen LogP contribution >= 0.6 is 0 Å². The number of rotatable bonds is 58. The molecule has 6 heteroatoms. The number of carbonyl (C=O) groups is 3. The molecule has 0 aliphatic rings. The first-order valence-corrected chi connectivity index (χ1v) is 32.5. The van der Waals surface area contributed by atoms with E-state index < -0.39 is 6.10 Å². The van der Waals surface area contributed by atoms with E-state index in [1.807, 2.05) is 0 Å². The Morgan fingerprint density at radius 1 is 0.269 bits per heavy atom. The minimum atomic E-state index is -0.806. The number of hydrogen-bond donors (Lipinski definition) is 0. The van der Waals surface area contributed by atoms with Crippen molar-refractivity contribution in [1.82, 2.24) is 0 Å². The highest BCUT2D eigenvalue weighted by molar-refractivity contribution is 5.71. The molecule has 0 bridgehead atoms. The van der Waals surface area contributed by atoms with Gasteiger partial charge in [0.25, 0.3) is 0 Å². The monoisotopic (exact) mass is 1080 g/mol. The molecule has 0 rings (SSSR count). The molecule has 0 spiro atoms. The van der Waals surface area contributed by atoms with Crippen molar-refractivity contribution < 1.29 is 28.6 Å². The molecule has 1 unspecified atom stereocenters. The Morgan fingerprint density at radius 2 is 0.513 bits per heavy atom. The van der Waals surface area contributed by atoms with Crippen LogP contribution in [0.25, 0.3) is 0 Å². The van der Waals surface area contributed by atoms with Crippen LogP contribution in [0.2, 0.25) is 0 Å². The summed E-state index contributed by atoms with van der Waals surface area (Å²) in [5, 5.41) is 0. The lowest BCUT2D eigenvalue weighted by Gasteiger charge is -2.18. The van der Waals surface area contributed by atoms with Crippen LogP contribution in [0, 0.1) is 0 Å². The number of carbonyl (C=O) groups excluding carboxylic acids is 3. The average molecular weight is 1080 g/mol. The summed E-state index contributed by atoms with van der Waals surface area (Å²) in [5.41, 5.74) is 0. The molecule has 0 radical (unpaired) electrons. The molecule has 0 aliphatic heterocycles. The molecule has 6 nitrogen and oxygen atoms in total. The third-order valence-electron chi connectivity index (χ3n) is 13.7. The minimum absolute atomic E-state index is 0.0991. The lowest BCUT2D eigenvalue weighted by atomic mass is 10.0. The van der Waals surface area contributed by atoms with Crippen molar-refractivity contribution in [3.05, 3.63) is 122 Å². The molecule has 0 fully saturated rings. The minimum Gasteiger partial charge on any atom is -0.462 e. The van der Waals surface area contributed by atoms with Gasteiger partial charge in [0.05, 0.1) is 0 Å². The van der Waals surface area contributed by atoms with Gasteiger partial charge in [-0.3, -0.25) is 14.4 Å². The van der Waals surface area contributed by atoms with E-state index in [4.69, 9.17) is 14.2 Å². The zero-order valence-corrected chi connectivity index (χ0v) is 50.9. The van der Waals surface area contributed by atoms with Gasteiger partial charge in [0, 0.05) is 19.3 Å². The van der Waals surface area contributed by atoms with Crippen LogP contribution in [-0.4, -0.2) is 37.2 Å². The van der Waals surface area contributed by atoms with Crippen molar-refractivity contribution >= 4 is 17.9 Å². The zero-order chi connectivity index (χ0) is 56.4. The lowest BCUT2D eigenvalue weighted by molar-refractivity contribution is -0.167. The van der Waals surface area contributed by atoms with E-state index in [9.17, 15) is 14.4 Å². The van der Waals surface area contributed by atoms with Crippen molar-refractivity contribution in [1.29, 1.82) is 0 Å². The summed E-state index contributed by atoms with van der Waals surface area (Å²) in [6.45, 7) is 6.39. The first-order chi connectivity index (χ1) is 38.5. The molecule has 0 saturated heterocycles. The van der Waals surface area contributed by atoms with Crippen LogP contribution < -0.4 is 0 Å². The molecule has 0 aliphatic carbocycles. The molecular formula is C72H120O6. The van der Waals surface area contributed by atoms with E-state index >= 15 is 0 Å². The maximum Gasteiger partial charge on any atom is 0.306 e. The summed E-state index contributed by atoms with van der Waals surface area (Å²) in [5.74, 6) is -0.956. The summed E-state index contributed by atoms with van der Waals surface area (Å²) in [4.78, 5) is 38.3. The summed E-state index contributed by atoms with van der Waals surface area (Å²) < 4.78 is 16.9.